The average molecular weight is 247 g/mol. The fourth-order valence-electron chi connectivity index (χ4n) is 1.41. The van der Waals surface area contributed by atoms with Gasteiger partial charge >= 0.3 is 5.97 Å². The molecule has 0 aliphatic heterocycles. The summed E-state index contributed by atoms with van der Waals surface area (Å²) >= 11 is 1.48. The van der Waals surface area contributed by atoms with E-state index < -0.39 is 0 Å². The van der Waals surface area contributed by atoms with Crippen molar-refractivity contribution in [2.45, 2.75) is 19.4 Å². The molecule has 1 atom stereocenters. The maximum Gasteiger partial charge on any atom is 0.315 e. The van der Waals surface area contributed by atoms with Gasteiger partial charge in [0.2, 0.25) is 0 Å². The predicted molar refractivity (Wildman–Crippen MR) is 66.8 cm³/mol. The van der Waals surface area contributed by atoms with Crippen LogP contribution < -0.4 is 0 Å². The molecule has 0 spiro atoms. The zero-order valence-electron chi connectivity index (χ0n) is 9.50. The van der Waals surface area contributed by atoms with Crippen LogP contribution in [0.2, 0.25) is 0 Å². The van der Waals surface area contributed by atoms with Crippen LogP contribution in [0.25, 0.3) is 0 Å². The van der Waals surface area contributed by atoms with Crippen LogP contribution in [-0.2, 0) is 16.1 Å². The van der Waals surface area contributed by atoms with Gasteiger partial charge in [-0.3, -0.25) is 4.79 Å². The van der Waals surface area contributed by atoms with Crippen molar-refractivity contribution < 1.29 is 9.53 Å². The number of benzene rings is 1. The zero-order valence-corrected chi connectivity index (χ0v) is 10.3. The van der Waals surface area contributed by atoms with E-state index in [0.717, 1.165) is 11.3 Å². The number of hydrogen-bond acceptors (Lipinski definition) is 4. The molecule has 3 nitrogen and oxygen atoms in total. The molecule has 1 aromatic heterocycles. The number of carbonyl (C=O) groups is 1. The summed E-state index contributed by atoms with van der Waals surface area (Å²) in [4.78, 5) is 15.9. The molecule has 88 valence electrons. The third-order valence-corrected chi connectivity index (χ3v) is 3.08. The number of carbonyl (C=O) groups excluding carboxylic acids is 1. The Hall–Kier alpha value is -1.68. The molecule has 0 N–H and O–H groups in total. The molecule has 0 fully saturated rings. The van der Waals surface area contributed by atoms with Crippen molar-refractivity contribution in [2.24, 2.45) is 0 Å². The van der Waals surface area contributed by atoms with Crippen LogP contribution in [0, 0.1) is 0 Å². The van der Waals surface area contributed by atoms with Gasteiger partial charge in [-0.1, -0.05) is 30.3 Å². The maximum atomic E-state index is 11.8. The number of hydrogen-bond donors (Lipinski definition) is 0. The molecule has 1 aromatic carbocycles. The fraction of sp³-hybridized carbons (Fsp3) is 0.231. The van der Waals surface area contributed by atoms with Crippen LogP contribution in [0.5, 0.6) is 0 Å². The molecule has 0 aliphatic carbocycles. The highest BCUT2D eigenvalue weighted by molar-refractivity contribution is 7.07. The molecule has 4 heteroatoms. The fourth-order valence-corrected chi connectivity index (χ4v) is 2.06. The van der Waals surface area contributed by atoms with Crippen molar-refractivity contribution in [3.8, 4) is 0 Å². The van der Waals surface area contributed by atoms with E-state index in [1.807, 2.05) is 42.6 Å². The second-order valence-corrected chi connectivity index (χ2v) is 4.45. The van der Waals surface area contributed by atoms with Crippen molar-refractivity contribution in [1.29, 1.82) is 0 Å². The molecular weight excluding hydrogens is 234 g/mol. The van der Waals surface area contributed by atoms with E-state index in [4.69, 9.17) is 4.74 Å². The summed E-state index contributed by atoms with van der Waals surface area (Å²) in [6.45, 7) is 2.12. The van der Waals surface area contributed by atoms with Gasteiger partial charge in [-0.05, 0) is 12.5 Å². The molecule has 17 heavy (non-hydrogen) atoms. The molecule has 0 bridgehead atoms. The number of esters is 1. The lowest BCUT2D eigenvalue weighted by Gasteiger charge is -2.09. The van der Waals surface area contributed by atoms with E-state index in [9.17, 15) is 4.79 Å². The summed E-state index contributed by atoms with van der Waals surface area (Å²) in [5, 5.41) is 1.87. The summed E-state index contributed by atoms with van der Waals surface area (Å²) < 4.78 is 5.24. The van der Waals surface area contributed by atoms with E-state index in [1.54, 1.807) is 5.51 Å². The van der Waals surface area contributed by atoms with Crippen LogP contribution in [0.1, 0.15) is 24.1 Å². The molecular formula is C13H13NO2S. The van der Waals surface area contributed by atoms with Crippen LogP contribution >= 0.6 is 11.3 Å². The van der Waals surface area contributed by atoms with Gasteiger partial charge in [-0.15, -0.1) is 11.3 Å². The summed E-state index contributed by atoms with van der Waals surface area (Å²) in [6.07, 6.45) is 0. The summed E-state index contributed by atoms with van der Waals surface area (Å²) in [7, 11) is 0. The highest BCUT2D eigenvalue weighted by atomic mass is 32.1. The Morgan fingerprint density at radius 2 is 2.18 bits per heavy atom. The largest absolute Gasteiger partial charge is 0.460 e. The Kier molecular flexibility index (Phi) is 3.88. The number of rotatable bonds is 4. The number of nitrogens with zero attached hydrogens (tertiary/aromatic N) is 1. The number of thiazole rings is 1. The van der Waals surface area contributed by atoms with Crippen molar-refractivity contribution in [1.82, 2.24) is 4.98 Å². The third-order valence-electron chi connectivity index (χ3n) is 2.47. The molecule has 0 saturated heterocycles. The minimum absolute atomic E-state index is 0.236. The summed E-state index contributed by atoms with van der Waals surface area (Å²) in [5.74, 6) is -0.537. The lowest BCUT2D eigenvalue weighted by Crippen LogP contribution is -2.13. The lowest BCUT2D eigenvalue weighted by molar-refractivity contribution is -0.146. The quantitative estimate of drug-likeness (QED) is 0.780. The van der Waals surface area contributed by atoms with Crippen LogP contribution in [0.15, 0.2) is 41.2 Å². The Morgan fingerprint density at radius 3 is 2.82 bits per heavy atom. The molecule has 0 radical (unpaired) electrons. The van der Waals surface area contributed by atoms with E-state index in [0.29, 0.717) is 6.61 Å². The molecule has 0 aliphatic rings. The van der Waals surface area contributed by atoms with E-state index >= 15 is 0 Å². The van der Waals surface area contributed by atoms with E-state index in [-0.39, 0.29) is 11.9 Å². The van der Waals surface area contributed by atoms with Crippen molar-refractivity contribution in [3.05, 3.63) is 52.5 Å². The van der Waals surface area contributed by atoms with Gasteiger partial charge in [0.25, 0.3) is 0 Å². The monoisotopic (exact) mass is 247 g/mol. The van der Waals surface area contributed by atoms with Gasteiger partial charge in [0.05, 0.1) is 17.1 Å². The zero-order chi connectivity index (χ0) is 12.1. The first-order chi connectivity index (χ1) is 8.27. The first kappa shape index (κ1) is 11.8. The average Bonchev–Trinajstić information content (AvgIpc) is 2.90. The molecule has 0 saturated carbocycles. The highest BCUT2D eigenvalue weighted by Gasteiger charge is 2.18. The third kappa shape index (κ3) is 3.14. The number of ether oxygens (including phenoxy) is 1. The second-order valence-electron chi connectivity index (χ2n) is 3.73. The minimum Gasteiger partial charge on any atom is -0.460 e. The topological polar surface area (TPSA) is 39.2 Å². The van der Waals surface area contributed by atoms with Gasteiger partial charge in [-0.2, -0.15) is 0 Å². The Morgan fingerprint density at radius 1 is 1.41 bits per heavy atom. The number of aromatic nitrogens is 1. The predicted octanol–water partition coefficient (Wildman–Crippen LogP) is 2.99. The standard InChI is InChI=1S/C13H13NO2S/c1-10(12-8-17-9-14-12)13(15)16-7-11-5-3-2-4-6-11/h2-6,8-10H,7H2,1H3. The summed E-state index contributed by atoms with van der Waals surface area (Å²) in [5.41, 5.74) is 3.48. The Bertz CT molecular complexity index is 467. The molecule has 1 unspecified atom stereocenters. The van der Waals surface area contributed by atoms with Crippen molar-refractivity contribution in [2.75, 3.05) is 0 Å². The van der Waals surface area contributed by atoms with Crippen LogP contribution in [-0.4, -0.2) is 11.0 Å². The molecule has 2 aromatic rings. The first-order valence-electron chi connectivity index (χ1n) is 5.36. The van der Waals surface area contributed by atoms with E-state index in [1.165, 1.54) is 11.3 Å². The SMILES string of the molecule is CC(C(=O)OCc1ccccc1)c1cscn1. The maximum absolute atomic E-state index is 11.8. The highest BCUT2D eigenvalue weighted by Crippen LogP contribution is 2.17. The Labute approximate surface area is 104 Å². The van der Waals surface area contributed by atoms with Gasteiger partial charge in [0.1, 0.15) is 6.61 Å². The van der Waals surface area contributed by atoms with Gasteiger partial charge in [-0.25, -0.2) is 4.98 Å². The van der Waals surface area contributed by atoms with Crippen LogP contribution in [0.3, 0.4) is 0 Å². The second kappa shape index (κ2) is 5.59. The first-order valence-corrected chi connectivity index (χ1v) is 6.30. The molecule has 0 amide bonds. The molecule has 1 heterocycles. The normalized spacial score (nSPS) is 12.1. The Balaban J connectivity index is 1.90. The van der Waals surface area contributed by atoms with Crippen molar-refractivity contribution in [3.63, 3.8) is 0 Å². The van der Waals surface area contributed by atoms with Crippen molar-refractivity contribution >= 4 is 17.3 Å². The summed E-state index contributed by atoms with van der Waals surface area (Å²) in [6, 6.07) is 9.64. The van der Waals surface area contributed by atoms with Gasteiger partial charge < -0.3 is 4.74 Å². The molecule has 2 rings (SSSR count). The van der Waals surface area contributed by atoms with Gasteiger partial charge in [0.15, 0.2) is 0 Å². The van der Waals surface area contributed by atoms with Crippen LogP contribution in [0.4, 0.5) is 0 Å². The van der Waals surface area contributed by atoms with E-state index in [2.05, 4.69) is 4.98 Å². The minimum atomic E-state index is -0.301. The smallest absolute Gasteiger partial charge is 0.315 e. The lowest BCUT2D eigenvalue weighted by atomic mass is 10.1. The van der Waals surface area contributed by atoms with Gasteiger partial charge in [0, 0.05) is 5.38 Å².